The first-order valence-electron chi connectivity index (χ1n) is 7.33. The van der Waals surface area contributed by atoms with Gasteiger partial charge in [0.2, 0.25) is 21.8 Å². The third kappa shape index (κ3) is 7.75. The molecule has 1 rings (SSSR count). The number of carbonyl (C=O) groups is 2. The summed E-state index contributed by atoms with van der Waals surface area (Å²) in [6.07, 6.45) is 0.945. The van der Waals surface area contributed by atoms with E-state index in [-0.39, 0.29) is 29.2 Å². The van der Waals surface area contributed by atoms with Gasteiger partial charge in [-0.05, 0) is 30.0 Å². The molecule has 0 heterocycles. The number of nitrogens with two attached hydrogens (primary N) is 1. The molecule has 0 saturated carbocycles. The summed E-state index contributed by atoms with van der Waals surface area (Å²) >= 11 is 0. The van der Waals surface area contributed by atoms with Gasteiger partial charge in [-0.15, -0.1) is 0 Å². The number of amides is 2. The van der Waals surface area contributed by atoms with Crippen LogP contribution in [-0.4, -0.2) is 33.3 Å². The van der Waals surface area contributed by atoms with E-state index in [0.717, 1.165) is 5.56 Å². The molecule has 0 saturated heterocycles. The van der Waals surface area contributed by atoms with Crippen LogP contribution >= 0.6 is 0 Å². The third-order valence-electron chi connectivity index (χ3n) is 3.03. The zero-order valence-corrected chi connectivity index (χ0v) is 14.2. The molecule has 0 fully saturated rings. The number of carbonyl (C=O) groups excluding carboxylic acids is 2. The van der Waals surface area contributed by atoms with E-state index in [0.29, 0.717) is 19.4 Å². The average molecular weight is 341 g/mol. The summed E-state index contributed by atoms with van der Waals surface area (Å²) in [5.41, 5.74) is 0.876. The normalized spacial score (nSPS) is 11.3. The Bertz CT molecular complexity index is 639. The van der Waals surface area contributed by atoms with Gasteiger partial charge in [0, 0.05) is 13.0 Å². The molecule has 1 aromatic carbocycles. The lowest BCUT2D eigenvalue weighted by Crippen LogP contribution is -2.38. The molecule has 4 N–H and O–H groups in total. The van der Waals surface area contributed by atoms with Crippen LogP contribution < -0.4 is 15.8 Å². The molecule has 128 valence electrons. The van der Waals surface area contributed by atoms with Gasteiger partial charge < -0.3 is 10.6 Å². The predicted octanol–water partition coefficient (Wildman–Crippen LogP) is 0.155. The SMILES string of the molecule is CC(C)CC(=O)NCC(=O)NCCc1ccc(S(N)(=O)=O)cc1. The quantitative estimate of drug-likeness (QED) is 0.624. The van der Waals surface area contributed by atoms with Crippen LogP contribution in [0.4, 0.5) is 0 Å². The Balaban J connectivity index is 2.31. The van der Waals surface area contributed by atoms with Crippen LogP contribution in [-0.2, 0) is 26.0 Å². The molecule has 2 amide bonds. The van der Waals surface area contributed by atoms with Gasteiger partial charge in [0.15, 0.2) is 0 Å². The van der Waals surface area contributed by atoms with Gasteiger partial charge in [0.25, 0.3) is 0 Å². The van der Waals surface area contributed by atoms with Gasteiger partial charge >= 0.3 is 0 Å². The lowest BCUT2D eigenvalue weighted by Gasteiger charge is -2.08. The maximum atomic E-state index is 11.6. The predicted molar refractivity (Wildman–Crippen MR) is 87.0 cm³/mol. The van der Waals surface area contributed by atoms with Gasteiger partial charge in [0.05, 0.1) is 11.4 Å². The number of rotatable bonds is 8. The van der Waals surface area contributed by atoms with Crippen LogP contribution in [0, 0.1) is 5.92 Å². The van der Waals surface area contributed by atoms with Gasteiger partial charge in [0.1, 0.15) is 0 Å². The van der Waals surface area contributed by atoms with Gasteiger partial charge in [-0.2, -0.15) is 0 Å². The molecule has 8 heteroatoms. The van der Waals surface area contributed by atoms with Crippen molar-refractivity contribution in [2.75, 3.05) is 13.1 Å². The first-order valence-corrected chi connectivity index (χ1v) is 8.88. The second kappa shape index (κ2) is 8.64. The van der Waals surface area contributed by atoms with Gasteiger partial charge in [-0.1, -0.05) is 26.0 Å². The van der Waals surface area contributed by atoms with E-state index in [1.807, 2.05) is 13.8 Å². The Morgan fingerprint density at radius 2 is 1.70 bits per heavy atom. The average Bonchev–Trinajstić information content (AvgIpc) is 2.44. The van der Waals surface area contributed by atoms with Gasteiger partial charge in [-0.3, -0.25) is 9.59 Å². The standard InChI is InChI=1S/C15H23N3O4S/c1-11(2)9-14(19)18-10-15(20)17-8-7-12-3-5-13(6-4-12)23(16,21)22/h3-6,11H,7-10H2,1-2H3,(H,17,20)(H,18,19)(H2,16,21,22). The minimum absolute atomic E-state index is 0.0457. The number of hydrogen-bond donors (Lipinski definition) is 3. The highest BCUT2D eigenvalue weighted by Crippen LogP contribution is 2.08. The maximum absolute atomic E-state index is 11.6. The van der Waals surface area contributed by atoms with Crippen molar-refractivity contribution in [2.24, 2.45) is 11.1 Å². The Hall–Kier alpha value is -1.93. The molecule has 7 nitrogen and oxygen atoms in total. The number of benzene rings is 1. The summed E-state index contributed by atoms with van der Waals surface area (Å²) in [7, 11) is -3.69. The summed E-state index contributed by atoms with van der Waals surface area (Å²) in [5.74, 6) is -0.157. The minimum Gasteiger partial charge on any atom is -0.354 e. The Morgan fingerprint density at radius 3 is 2.22 bits per heavy atom. The largest absolute Gasteiger partial charge is 0.354 e. The molecule has 0 bridgehead atoms. The highest BCUT2D eigenvalue weighted by atomic mass is 32.2. The smallest absolute Gasteiger partial charge is 0.239 e. The molecule has 0 atom stereocenters. The van der Waals surface area contributed by atoms with Crippen LogP contribution in [0.1, 0.15) is 25.8 Å². The van der Waals surface area contributed by atoms with Crippen LogP contribution in [0.2, 0.25) is 0 Å². The fourth-order valence-electron chi connectivity index (χ4n) is 1.88. The molecule has 0 radical (unpaired) electrons. The van der Waals surface area contributed by atoms with Crippen LogP contribution in [0.15, 0.2) is 29.2 Å². The molecular formula is C15H23N3O4S. The highest BCUT2D eigenvalue weighted by Gasteiger charge is 2.08. The van der Waals surface area contributed by atoms with Crippen molar-refractivity contribution in [3.05, 3.63) is 29.8 Å². The van der Waals surface area contributed by atoms with E-state index >= 15 is 0 Å². The minimum atomic E-state index is -3.69. The van der Waals surface area contributed by atoms with E-state index in [1.54, 1.807) is 12.1 Å². The topological polar surface area (TPSA) is 118 Å². The first kappa shape index (κ1) is 19.1. The maximum Gasteiger partial charge on any atom is 0.239 e. The number of nitrogens with one attached hydrogen (secondary N) is 2. The van der Waals surface area contributed by atoms with E-state index in [9.17, 15) is 18.0 Å². The van der Waals surface area contributed by atoms with Crippen LogP contribution in [0.25, 0.3) is 0 Å². The molecule has 0 aromatic heterocycles. The zero-order chi connectivity index (χ0) is 17.5. The monoisotopic (exact) mass is 341 g/mol. The van der Waals surface area contributed by atoms with Gasteiger partial charge in [-0.25, -0.2) is 13.6 Å². The van der Waals surface area contributed by atoms with E-state index in [2.05, 4.69) is 10.6 Å². The summed E-state index contributed by atoms with van der Waals surface area (Å²) in [6, 6.07) is 6.16. The molecule has 0 unspecified atom stereocenters. The Kier molecular flexibility index (Phi) is 7.18. The molecule has 0 aliphatic rings. The lowest BCUT2D eigenvalue weighted by molar-refractivity contribution is -0.126. The second-order valence-corrected chi connectivity index (χ2v) is 7.23. The fraction of sp³-hybridized carbons (Fsp3) is 0.467. The Morgan fingerprint density at radius 1 is 1.09 bits per heavy atom. The molecule has 0 spiro atoms. The van der Waals surface area contributed by atoms with Crippen molar-refractivity contribution in [1.29, 1.82) is 0 Å². The van der Waals surface area contributed by atoms with Crippen molar-refractivity contribution in [2.45, 2.75) is 31.6 Å². The second-order valence-electron chi connectivity index (χ2n) is 5.66. The molecule has 0 aliphatic carbocycles. The molecule has 23 heavy (non-hydrogen) atoms. The van der Waals surface area contributed by atoms with Crippen molar-refractivity contribution in [3.8, 4) is 0 Å². The first-order chi connectivity index (χ1) is 10.7. The summed E-state index contributed by atoms with van der Waals surface area (Å²) in [4.78, 5) is 23.1. The van der Waals surface area contributed by atoms with Crippen LogP contribution in [0.3, 0.4) is 0 Å². The fourth-order valence-corrected chi connectivity index (χ4v) is 2.39. The number of hydrogen-bond acceptors (Lipinski definition) is 4. The number of primary sulfonamides is 1. The lowest BCUT2D eigenvalue weighted by atomic mass is 10.1. The summed E-state index contributed by atoms with van der Waals surface area (Å²) in [6.45, 7) is 4.21. The highest BCUT2D eigenvalue weighted by molar-refractivity contribution is 7.89. The number of sulfonamides is 1. The zero-order valence-electron chi connectivity index (χ0n) is 13.3. The third-order valence-corrected chi connectivity index (χ3v) is 3.96. The summed E-state index contributed by atoms with van der Waals surface area (Å²) in [5, 5.41) is 10.3. The van der Waals surface area contributed by atoms with E-state index in [4.69, 9.17) is 5.14 Å². The molecule has 1 aromatic rings. The van der Waals surface area contributed by atoms with Crippen molar-refractivity contribution < 1.29 is 18.0 Å². The molecule has 0 aliphatic heterocycles. The van der Waals surface area contributed by atoms with E-state index in [1.165, 1.54) is 12.1 Å². The van der Waals surface area contributed by atoms with E-state index < -0.39 is 10.0 Å². The summed E-state index contributed by atoms with van der Waals surface area (Å²) < 4.78 is 22.3. The van der Waals surface area contributed by atoms with Crippen molar-refractivity contribution >= 4 is 21.8 Å². The van der Waals surface area contributed by atoms with Crippen molar-refractivity contribution in [1.82, 2.24) is 10.6 Å². The molecular weight excluding hydrogens is 318 g/mol. The Labute approximate surface area is 136 Å². The van der Waals surface area contributed by atoms with Crippen molar-refractivity contribution in [3.63, 3.8) is 0 Å². The van der Waals surface area contributed by atoms with Crippen LogP contribution in [0.5, 0.6) is 0 Å².